The molecule has 3 heteroatoms. The van der Waals surface area contributed by atoms with Crippen LogP contribution in [0.3, 0.4) is 0 Å². The lowest BCUT2D eigenvalue weighted by Crippen LogP contribution is -2.48. The van der Waals surface area contributed by atoms with Gasteiger partial charge in [0.15, 0.2) is 0 Å². The summed E-state index contributed by atoms with van der Waals surface area (Å²) in [6.07, 6.45) is 8.46. The Balaban J connectivity index is 1.48. The van der Waals surface area contributed by atoms with Crippen LogP contribution in [-0.2, 0) is 0 Å². The van der Waals surface area contributed by atoms with Crippen LogP contribution in [0.15, 0.2) is 24.3 Å². The number of anilines is 1. The molecule has 110 valence electrons. The highest BCUT2D eigenvalue weighted by Crippen LogP contribution is 2.34. The number of halogens is 1. The van der Waals surface area contributed by atoms with Gasteiger partial charge in [0.2, 0.25) is 0 Å². The summed E-state index contributed by atoms with van der Waals surface area (Å²) in [6, 6.07) is 7.48. The van der Waals surface area contributed by atoms with Gasteiger partial charge in [-0.15, -0.1) is 0 Å². The normalized spacial score (nSPS) is 27.1. The van der Waals surface area contributed by atoms with Crippen molar-refractivity contribution in [1.82, 2.24) is 4.90 Å². The first-order valence-corrected chi connectivity index (χ1v) is 8.06. The van der Waals surface area contributed by atoms with Crippen molar-refractivity contribution in [3.63, 3.8) is 0 Å². The molecule has 1 saturated heterocycles. The third-order valence-electron chi connectivity index (χ3n) is 4.93. The van der Waals surface area contributed by atoms with Gasteiger partial charge in [-0.2, -0.15) is 0 Å². The second kappa shape index (κ2) is 6.57. The number of fused-ring (bicyclic) bond motifs is 1. The van der Waals surface area contributed by atoms with Crippen LogP contribution in [0.5, 0.6) is 0 Å². The van der Waals surface area contributed by atoms with Crippen LogP contribution in [0, 0.1) is 11.7 Å². The molecule has 3 rings (SSSR count). The maximum atomic E-state index is 12.8. The predicted molar refractivity (Wildman–Crippen MR) is 81.4 cm³/mol. The van der Waals surface area contributed by atoms with Gasteiger partial charge in [0.1, 0.15) is 5.82 Å². The topological polar surface area (TPSA) is 15.3 Å². The smallest absolute Gasteiger partial charge is 0.123 e. The Hall–Kier alpha value is -1.09. The first-order chi connectivity index (χ1) is 9.83. The molecular formula is C17H25FN2. The maximum Gasteiger partial charge on any atom is 0.123 e. The standard InChI is InChI=1S/C17H25FN2/c18-15-7-9-16(10-8-15)19-11-13-20-12-3-5-14-4-1-2-6-17(14)20/h7-10,14,17,19H,1-6,11-13H2/t14-,17-/m1/s1. The molecule has 1 aromatic carbocycles. The van der Waals surface area contributed by atoms with Crippen molar-refractivity contribution in [1.29, 1.82) is 0 Å². The van der Waals surface area contributed by atoms with Crippen LogP contribution >= 0.6 is 0 Å². The van der Waals surface area contributed by atoms with Gasteiger partial charge in [0.05, 0.1) is 0 Å². The van der Waals surface area contributed by atoms with Gasteiger partial charge < -0.3 is 5.32 Å². The molecule has 0 aromatic heterocycles. The number of hydrogen-bond donors (Lipinski definition) is 1. The quantitative estimate of drug-likeness (QED) is 0.897. The summed E-state index contributed by atoms with van der Waals surface area (Å²) in [4.78, 5) is 2.68. The number of hydrogen-bond acceptors (Lipinski definition) is 2. The second-order valence-electron chi connectivity index (χ2n) is 6.22. The fourth-order valence-corrected chi connectivity index (χ4v) is 3.92. The van der Waals surface area contributed by atoms with Crippen molar-refractivity contribution in [2.45, 2.75) is 44.6 Å². The van der Waals surface area contributed by atoms with E-state index < -0.39 is 0 Å². The first kappa shape index (κ1) is 13.9. The fourth-order valence-electron chi connectivity index (χ4n) is 3.92. The average Bonchev–Trinajstić information content (AvgIpc) is 2.49. The summed E-state index contributed by atoms with van der Waals surface area (Å²) < 4.78 is 12.8. The van der Waals surface area contributed by atoms with Crippen LogP contribution in [0.1, 0.15) is 38.5 Å². The zero-order valence-corrected chi connectivity index (χ0v) is 12.2. The van der Waals surface area contributed by atoms with Crippen molar-refractivity contribution < 1.29 is 4.39 Å². The molecule has 0 amide bonds. The Bertz CT molecular complexity index is 416. The largest absolute Gasteiger partial charge is 0.384 e. The Morgan fingerprint density at radius 3 is 2.65 bits per heavy atom. The highest BCUT2D eigenvalue weighted by Gasteiger charge is 2.32. The molecule has 2 nitrogen and oxygen atoms in total. The van der Waals surface area contributed by atoms with E-state index in [0.717, 1.165) is 30.7 Å². The van der Waals surface area contributed by atoms with E-state index in [4.69, 9.17) is 0 Å². The highest BCUT2D eigenvalue weighted by atomic mass is 19.1. The van der Waals surface area contributed by atoms with Crippen LogP contribution in [0.25, 0.3) is 0 Å². The third-order valence-corrected chi connectivity index (χ3v) is 4.93. The number of nitrogens with zero attached hydrogens (tertiary/aromatic N) is 1. The number of rotatable bonds is 4. The molecule has 0 spiro atoms. The lowest BCUT2D eigenvalue weighted by atomic mass is 9.78. The van der Waals surface area contributed by atoms with Gasteiger partial charge in [-0.25, -0.2) is 4.39 Å². The molecule has 1 heterocycles. The molecule has 0 radical (unpaired) electrons. The van der Waals surface area contributed by atoms with E-state index in [0.29, 0.717) is 0 Å². The van der Waals surface area contributed by atoms with Crippen molar-refractivity contribution in [2.75, 3.05) is 25.0 Å². The van der Waals surface area contributed by atoms with Crippen LogP contribution in [-0.4, -0.2) is 30.6 Å². The highest BCUT2D eigenvalue weighted by molar-refractivity contribution is 5.42. The Kier molecular flexibility index (Phi) is 4.56. The summed E-state index contributed by atoms with van der Waals surface area (Å²) in [7, 11) is 0. The van der Waals surface area contributed by atoms with E-state index in [2.05, 4.69) is 10.2 Å². The van der Waals surface area contributed by atoms with Crippen LogP contribution in [0.2, 0.25) is 0 Å². The van der Waals surface area contributed by atoms with Gasteiger partial charge in [-0.1, -0.05) is 12.8 Å². The van der Waals surface area contributed by atoms with Crippen molar-refractivity contribution >= 4 is 5.69 Å². The lowest BCUT2D eigenvalue weighted by molar-refractivity contribution is 0.0645. The maximum absolute atomic E-state index is 12.8. The third kappa shape index (κ3) is 3.32. The molecule has 2 aliphatic rings. The number of benzene rings is 1. The van der Waals surface area contributed by atoms with Gasteiger partial charge >= 0.3 is 0 Å². The van der Waals surface area contributed by atoms with E-state index in [1.807, 2.05) is 12.1 Å². The van der Waals surface area contributed by atoms with Gasteiger partial charge in [-0.3, -0.25) is 4.90 Å². The molecule has 0 unspecified atom stereocenters. The van der Waals surface area contributed by atoms with Crippen molar-refractivity contribution in [3.05, 3.63) is 30.1 Å². The minimum Gasteiger partial charge on any atom is -0.384 e. The zero-order chi connectivity index (χ0) is 13.8. The number of nitrogens with one attached hydrogen (secondary N) is 1. The summed E-state index contributed by atoms with van der Waals surface area (Å²) in [5.74, 6) is 0.778. The summed E-state index contributed by atoms with van der Waals surface area (Å²) in [5.41, 5.74) is 1.02. The fraction of sp³-hybridized carbons (Fsp3) is 0.647. The zero-order valence-electron chi connectivity index (χ0n) is 12.2. The van der Waals surface area contributed by atoms with E-state index in [1.165, 1.54) is 57.2 Å². The molecule has 1 aromatic rings. The summed E-state index contributed by atoms with van der Waals surface area (Å²) in [6.45, 7) is 3.32. The molecule has 0 bridgehead atoms. The van der Waals surface area contributed by atoms with E-state index in [-0.39, 0.29) is 5.82 Å². The molecule has 1 aliphatic carbocycles. The minimum atomic E-state index is -0.170. The SMILES string of the molecule is Fc1ccc(NCCN2CCC[C@H]3CCCC[C@H]32)cc1. The summed E-state index contributed by atoms with van der Waals surface area (Å²) in [5, 5.41) is 3.41. The van der Waals surface area contributed by atoms with Crippen LogP contribution < -0.4 is 5.32 Å². The Morgan fingerprint density at radius 1 is 1.05 bits per heavy atom. The Morgan fingerprint density at radius 2 is 1.80 bits per heavy atom. The first-order valence-electron chi connectivity index (χ1n) is 8.06. The average molecular weight is 276 g/mol. The molecule has 1 N–H and O–H groups in total. The van der Waals surface area contributed by atoms with Crippen molar-refractivity contribution in [3.8, 4) is 0 Å². The van der Waals surface area contributed by atoms with Gasteiger partial charge in [-0.05, 0) is 62.4 Å². The van der Waals surface area contributed by atoms with E-state index in [1.54, 1.807) is 0 Å². The molecular weight excluding hydrogens is 251 g/mol. The van der Waals surface area contributed by atoms with Gasteiger partial charge in [0, 0.05) is 24.8 Å². The minimum absolute atomic E-state index is 0.170. The number of piperidine rings is 1. The number of likely N-dealkylation sites (tertiary alicyclic amines) is 1. The molecule has 1 aliphatic heterocycles. The lowest BCUT2D eigenvalue weighted by Gasteiger charge is -2.44. The van der Waals surface area contributed by atoms with Crippen molar-refractivity contribution in [2.24, 2.45) is 5.92 Å². The molecule has 2 fully saturated rings. The molecule has 2 atom stereocenters. The van der Waals surface area contributed by atoms with Crippen LogP contribution in [0.4, 0.5) is 10.1 Å². The molecule has 1 saturated carbocycles. The second-order valence-corrected chi connectivity index (χ2v) is 6.22. The predicted octanol–water partition coefficient (Wildman–Crippen LogP) is 3.89. The monoisotopic (exact) mass is 276 g/mol. The van der Waals surface area contributed by atoms with E-state index >= 15 is 0 Å². The Labute approximate surface area is 121 Å². The molecule has 20 heavy (non-hydrogen) atoms. The summed E-state index contributed by atoms with van der Waals surface area (Å²) >= 11 is 0. The van der Waals surface area contributed by atoms with Gasteiger partial charge in [0.25, 0.3) is 0 Å². The van der Waals surface area contributed by atoms with E-state index in [9.17, 15) is 4.39 Å².